The van der Waals surface area contributed by atoms with Crippen molar-refractivity contribution >= 4 is 17.7 Å². The first kappa shape index (κ1) is 20.1. The normalized spacial score (nSPS) is 31.3. The van der Waals surface area contributed by atoms with Gasteiger partial charge in [-0.05, 0) is 38.7 Å². The molecule has 1 saturated carbocycles. The summed E-state index contributed by atoms with van der Waals surface area (Å²) in [5, 5.41) is 8.58. The minimum absolute atomic E-state index is 0.166. The number of cyclic esters (lactones) is 1. The van der Waals surface area contributed by atoms with Crippen molar-refractivity contribution in [3.05, 3.63) is 47.8 Å². The highest BCUT2D eigenvalue weighted by Crippen LogP contribution is 2.45. The number of carbonyl (C=O) groups excluding carboxylic acids is 2. The molecule has 1 saturated heterocycles. The number of ketones is 1. The predicted molar refractivity (Wildman–Crippen MR) is 102 cm³/mol. The lowest BCUT2D eigenvalue weighted by atomic mass is 9.71. The topological polar surface area (TPSA) is 89.9 Å². The number of allylic oxidation sites excluding steroid dienone is 5. The highest BCUT2D eigenvalue weighted by molar-refractivity contribution is 5.93. The van der Waals surface area contributed by atoms with Crippen molar-refractivity contribution in [2.45, 2.75) is 57.7 Å². The van der Waals surface area contributed by atoms with Gasteiger partial charge < -0.3 is 14.6 Å². The number of aliphatic carboxylic acids is 1. The van der Waals surface area contributed by atoms with E-state index in [1.165, 1.54) is 6.08 Å². The molecule has 0 aromatic carbocycles. The summed E-state index contributed by atoms with van der Waals surface area (Å²) in [6, 6.07) is 0. The number of esters is 1. The largest absolute Gasteiger partial charge is 0.489 e. The molecular formula is C22H26O6. The summed E-state index contributed by atoms with van der Waals surface area (Å²) in [6.45, 7) is 1.89. The zero-order valence-corrected chi connectivity index (χ0v) is 16.0. The van der Waals surface area contributed by atoms with Gasteiger partial charge in [-0.15, -0.1) is 0 Å². The summed E-state index contributed by atoms with van der Waals surface area (Å²) < 4.78 is 11.7. The van der Waals surface area contributed by atoms with Crippen LogP contribution in [0.3, 0.4) is 0 Å². The minimum atomic E-state index is -1.02. The fourth-order valence-electron chi connectivity index (χ4n) is 4.24. The van der Waals surface area contributed by atoms with Crippen LogP contribution in [-0.4, -0.2) is 35.0 Å². The second-order valence-corrected chi connectivity index (χ2v) is 7.51. The van der Waals surface area contributed by atoms with E-state index in [-0.39, 0.29) is 29.8 Å². The standard InChI is InChI=1S/C22H26O6/c1-14-8-6-7-9-15-16(23)12-13-18-20(15)21(22(26)27-14)17(28-18)10-4-2-3-5-11-19(24)25/h2-5,10-11,14-15,18,20H,6-9,12-13H2,1H3,(H,24,25). The Bertz CT molecular complexity index is 757. The fraction of sp³-hybridized carbons (Fsp3) is 0.500. The molecule has 3 rings (SSSR count). The van der Waals surface area contributed by atoms with Crippen molar-refractivity contribution in [2.75, 3.05) is 0 Å². The van der Waals surface area contributed by atoms with E-state index in [1.807, 2.05) is 6.92 Å². The highest BCUT2D eigenvalue weighted by Gasteiger charge is 2.49. The van der Waals surface area contributed by atoms with Gasteiger partial charge in [0.15, 0.2) is 0 Å². The van der Waals surface area contributed by atoms with Crippen molar-refractivity contribution in [2.24, 2.45) is 11.8 Å². The smallest absolute Gasteiger partial charge is 0.338 e. The van der Waals surface area contributed by atoms with Gasteiger partial charge in [0.2, 0.25) is 0 Å². The molecule has 0 bridgehead atoms. The molecule has 1 aliphatic carbocycles. The summed E-state index contributed by atoms with van der Waals surface area (Å²) in [4.78, 5) is 35.9. The average Bonchev–Trinajstić information content (AvgIpc) is 3.01. The van der Waals surface area contributed by atoms with E-state index < -0.39 is 11.9 Å². The second-order valence-electron chi connectivity index (χ2n) is 7.51. The Kier molecular flexibility index (Phi) is 6.49. The monoisotopic (exact) mass is 386 g/mol. The second kappa shape index (κ2) is 9.04. The Morgan fingerprint density at radius 3 is 2.57 bits per heavy atom. The molecule has 6 heteroatoms. The van der Waals surface area contributed by atoms with Crippen LogP contribution >= 0.6 is 0 Å². The van der Waals surface area contributed by atoms with Gasteiger partial charge in [0.25, 0.3) is 0 Å². The summed E-state index contributed by atoms with van der Waals surface area (Å²) in [6.07, 6.45) is 13.3. The molecule has 0 aromatic rings. The number of ether oxygens (including phenoxy) is 2. The molecule has 0 spiro atoms. The van der Waals surface area contributed by atoms with Crippen molar-refractivity contribution < 1.29 is 29.0 Å². The molecular weight excluding hydrogens is 360 g/mol. The molecule has 3 aliphatic rings. The lowest BCUT2D eigenvalue weighted by Crippen LogP contribution is -2.39. The van der Waals surface area contributed by atoms with Crippen LogP contribution in [-0.2, 0) is 23.9 Å². The highest BCUT2D eigenvalue weighted by atomic mass is 16.5. The van der Waals surface area contributed by atoms with E-state index in [0.29, 0.717) is 24.2 Å². The average molecular weight is 386 g/mol. The van der Waals surface area contributed by atoms with Crippen LogP contribution in [0.5, 0.6) is 0 Å². The third-order valence-corrected chi connectivity index (χ3v) is 5.52. The molecule has 2 fully saturated rings. The Balaban J connectivity index is 1.88. The molecule has 4 unspecified atom stereocenters. The Hall–Kier alpha value is -2.63. The molecule has 2 aliphatic heterocycles. The minimum Gasteiger partial charge on any atom is -0.489 e. The summed E-state index contributed by atoms with van der Waals surface area (Å²) in [7, 11) is 0. The van der Waals surface area contributed by atoms with Crippen molar-refractivity contribution in [1.29, 1.82) is 0 Å². The van der Waals surface area contributed by atoms with Crippen LogP contribution < -0.4 is 0 Å². The maximum absolute atomic E-state index is 12.9. The maximum Gasteiger partial charge on any atom is 0.338 e. The lowest BCUT2D eigenvalue weighted by molar-refractivity contribution is -0.145. The molecule has 0 amide bonds. The summed E-state index contributed by atoms with van der Waals surface area (Å²) in [5.41, 5.74) is 0.475. The van der Waals surface area contributed by atoms with E-state index in [4.69, 9.17) is 14.6 Å². The van der Waals surface area contributed by atoms with Crippen molar-refractivity contribution in [3.8, 4) is 0 Å². The number of carboxylic acid groups (broad SMARTS) is 1. The Labute approximate surface area is 164 Å². The third kappa shape index (κ3) is 4.61. The van der Waals surface area contributed by atoms with Crippen LogP contribution in [0.2, 0.25) is 0 Å². The number of Topliss-reactive ketones (excluding diaryl/α,β-unsaturated/α-hetero) is 1. The molecule has 2 heterocycles. The number of carboxylic acids is 1. The van der Waals surface area contributed by atoms with Crippen molar-refractivity contribution in [1.82, 2.24) is 0 Å². The number of carbonyl (C=O) groups is 3. The molecule has 0 aromatic heterocycles. The van der Waals surface area contributed by atoms with E-state index >= 15 is 0 Å². The Morgan fingerprint density at radius 1 is 1.04 bits per heavy atom. The Morgan fingerprint density at radius 2 is 1.79 bits per heavy atom. The van der Waals surface area contributed by atoms with Gasteiger partial charge in [-0.2, -0.15) is 0 Å². The zero-order valence-electron chi connectivity index (χ0n) is 16.0. The SMILES string of the molecule is CC1CCCCC2C(=O)CCC3OC(C=CC=CC=CC(=O)O)=C(C(=O)O1)C32. The molecule has 6 nitrogen and oxygen atoms in total. The van der Waals surface area contributed by atoms with Gasteiger partial charge in [-0.25, -0.2) is 9.59 Å². The quantitative estimate of drug-likeness (QED) is 0.452. The van der Waals surface area contributed by atoms with Crippen LogP contribution in [0.15, 0.2) is 47.8 Å². The summed E-state index contributed by atoms with van der Waals surface area (Å²) >= 11 is 0. The molecule has 28 heavy (non-hydrogen) atoms. The maximum atomic E-state index is 12.9. The fourth-order valence-corrected chi connectivity index (χ4v) is 4.24. The van der Waals surface area contributed by atoms with Crippen molar-refractivity contribution in [3.63, 3.8) is 0 Å². The van der Waals surface area contributed by atoms with Gasteiger partial charge >= 0.3 is 11.9 Å². The molecule has 0 radical (unpaired) electrons. The summed E-state index contributed by atoms with van der Waals surface area (Å²) in [5.74, 6) is -1.16. The number of hydrogen-bond acceptors (Lipinski definition) is 5. The van der Waals surface area contributed by atoms with Gasteiger partial charge in [0.1, 0.15) is 17.6 Å². The lowest BCUT2D eigenvalue weighted by Gasteiger charge is -2.33. The number of rotatable bonds is 4. The van der Waals surface area contributed by atoms with Gasteiger partial charge in [-0.3, -0.25) is 4.79 Å². The van der Waals surface area contributed by atoms with E-state index in [2.05, 4.69) is 0 Å². The first-order valence-electron chi connectivity index (χ1n) is 9.86. The predicted octanol–water partition coefficient (Wildman–Crippen LogP) is 3.49. The van der Waals surface area contributed by atoms with E-state index in [0.717, 1.165) is 31.8 Å². The van der Waals surface area contributed by atoms with Crippen LogP contribution in [0.4, 0.5) is 0 Å². The molecule has 150 valence electrons. The molecule has 1 N–H and O–H groups in total. The van der Waals surface area contributed by atoms with Crippen LogP contribution in [0.1, 0.15) is 45.4 Å². The van der Waals surface area contributed by atoms with Crippen LogP contribution in [0.25, 0.3) is 0 Å². The van der Waals surface area contributed by atoms with Gasteiger partial charge in [-0.1, -0.05) is 30.7 Å². The van der Waals surface area contributed by atoms with Gasteiger partial charge in [0, 0.05) is 24.3 Å². The first-order chi connectivity index (χ1) is 13.5. The third-order valence-electron chi connectivity index (χ3n) is 5.52. The van der Waals surface area contributed by atoms with E-state index in [9.17, 15) is 14.4 Å². The van der Waals surface area contributed by atoms with E-state index in [1.54, 1.807) is 24.3 Å². The molecule has 4 atom stereocenters. The van der Waals surface area contributed by atoms with Crippen LogP contribution in [0, 0.1) is 11.8 Å². The number of hydrogen-bond donors (Lipinski definition) is 1. The zero-order chi connectivity index (χ0) is 20.1. The first-order valence-corrected chi connectivity index (χ1v) is 9.86. The van der Waals surface area contributed by atoms with Gasteiger partial charge in [0.05, 0.1) is 11.7 Å².